The number of anilines is 1. The van der Waals surface area contributed by atoms with Crippen LogP contribution in [0.4, 0.5) is 10.1 Å². The topological polar surface area (TPSA) is 64.4 Å². The molecule has 1 aromatic rings. The van der Waals surface area contributed by atoms with Crippen LogP contribution in [0.15, 0.2) is 22.7 Å². The van der Waals surface area contributed by atoms with Gasteiger partial charge >= 0.3 is 0 Å². The molecule has 18 heavy (non-hydrogen) atoms. The Hall–Kier alpha value is -0.980. The Morgan fingerprint density at radius 1 is 1.56 bits per heavy atom. The van der Waals surface area contributed by atoms with Crippen molar-refractivity contribution >= 4 is 27.5 Å². The maximum Gasteiger partial charge on any atom is 0.253 e. The first-order valence-electron chi connectivity index (χ1n) is 5.71. The highest BCUT2D eigenvalue weighted by Crippen LogP contribution is 2.25. The van der Waals surface area contributed by atoms with Gasteiger partial charge in [-0.2, -0.15) is 0 Å². The zero-order valence-corrected chi connectivity index (χ0v) is 11.2. The van der Waals surface area contributed by atoms with E-state index in [0.29, 0.717) is 23.1 Å². The van der Waals surface area contributed by atoms with Gasteiger partial charge in [0, 0.05) is 11.0 Å². The number of benzene rings is 1. The molecule has 1 amide bonds. The van der Waals surface area contributed by atoms with Gasteiger partial charge in [-0.1, -0.05) is 0 Å². The van der Waals surface area contributed by atoms with Gasteiger partial charge < -0.3 is 15.8 Å². The second kappa shape index (κ2) is 5.77. The Morgan fingerprint density at radius 2 is 2.33 bits per heavy atom. The standard InChI is InChI=1S/C12H14BrFN2O2/c13-9-3-1-7(14)5-10(9)16-12(17)11-4-2-8(6-15)18-11/h1,3,5,8,11H,2,4,6,15H2,(H,16,17). The fraction of sp³-hybridized carbons (Fsp3) is 0.417. The highest BCUT2D eigenvalue weighted by atomic mass is 79.9. The van der Waals surface area contributed by atoms with Crippen LogP contribution in [0, 0.1) is 5.82 Å². The second-order valence-corrected chi connectivity index (χ2v) is 5.03. The minimum atomic E-state index is -0.506. The molecule has 1 aromatic carbocycles. The molecule has 0 aliphatic carbocycles. The Morgan fingerprint density at radius 3 is 3.00 bits per heavy atom. The molecule has 1 heterocycles. The monoisotopic (exact) mass is 316 g/mol. The highest BCUT2D eigenvalue weighted by Gasteiger charge is 2.30. The van der Waals surface area contributed by atoms with E-state index >= 15 is 0 Å². The van der Waals surface area contributed by atoms with Gasteiger partial charge in [0.1, 0.15) is 11.9 Å². The molecule has 0 saturated carbocycles. The molecule has 2 atom stereocenters. The molecule has 0 spiro atoms. The normalized spacial score (nSPS) is 23.1. The predicted octanol–water partition coefficient (Wildman–Crippen LogP) is 2.03. The van der Waals surface area contributed by atoms with Crippen LogP contribution in [-0.2, 0) is 9.53 Å². The lowest BCUT2D eigenvalue weighted by atomic mass is 10.2. The lowest BCUT2D eigenvalue weighted by Crippen LogP contribution is -2.29. The van der Waals surface area contributed by atoms with Gasteiger partial charge in [-0.05, 0) is 47.0 Å². The number of rotatable bonds is 3. The number of amides is 1. The minimum Gasteiger partial charge on any atom is -0.364 e. The summed E-state index contributed by atoms with van der Waals surface area (Å²) in [6.45, 7) is 0.410. The van der Waals surface area contributed by atoms with Crippen molar-refractivity contribution in [3.63, 3.8) is 0 Å². The summed E-state index contributed by atoms with van der Waals surface area (Å²) in [6.07, 6.45) is 0.852. The summed E-state index contributed by atoms with van der Waals surface area (Å²) in [4.78, 5) is 11.9. The SMILES string of the molecule is NCC1CCC(C(=O)Nc2cc(F)ccc2Br)O1. The van der Waals surface area contributed by atoms with Crippen molar-refractivity contribution < 1.29 is 13.9 Å². The molecule has 1 saturated heterocycles. The smallest absolute Gasteiger partial charge is 0.253 e. The van der Waals surface area contributed by atoms with E-state index in [1.54, 1.807) is 6.07 Å². The Bertz CT molecular complexity index is 456. The molecule has 0 bridgehead atoms. The van der Waals surface area contributed by atoms with Crippen molar-refractivity contribution in [1.29, 1.82) is 0 Å². The zero-order valence-electron chi connectivity index (χ0n) is 9.66. The van der Waals surface area contributed by atoms with E-state index in [0.717, 1.165) is 6.42 Å². The third-order valence-corrected chi connectivity index (χ3v) is 3.54. The minimum absolute atomic E-state index is 0.0586. The van der Waals surface area contributed by atoms with Gasteiger partial charge in [0.25, 0.3) is 5.91 Å². The van der Waals surface area contributed by atoms with Gasteiger partial charge in [0.2, 0.25) is 0 Å². The van der Waals surface area contributed by atoms with Crippen LogP contribution < -0.4 is 11.1 Å². The van der Waals surface area contributed by atoms with E-state index in [1.807, 2.05) is 0 Å². The molecule has 2 rings (SSSR count). The van der Waals surface area contributed by atoms with E-state index in [-0.39, 0.29) is 12.0 Å². The van der Waals surface area contributed by atoms with Crippen LogP contribution in [0.1, 0.15) is 12.8 Å². The number of carbonyl (C=O) groups excluding carboxylic acids is 1. The van der Waals surface area contributed by atoms with Gasteiger partial charge in [0.15, 0.2) is 0 Å². The number of hydrogen-bond donors (Lipinski definition) is 2. The number of halogens is 2. The number of carbonyl (C=O) groups is 1. The molecule has 4 nitrogen and oxygen atoms in total. The number of nitrogens with two attached hydrogens (primary N) is 1. The molecule has 1 aliphatic rings. The van der Waals surface area contributed by atoms with Crippen molar-refractivity contribution in [3.8, 4) is 0 Å². The summed E-state index contributed by atoms with van der Waals surface area (Å²) in [5.41, 5.74) is 5.88. The van der Waals surface area contributed by atoms with Crippen molar-refractivity contribution in [2.75, 3.05) is 11.9 Å². The summed E-state index contributed by atoms with van der Waals surface area (Å²) in [5.74, 6) is -0.669. The Balaban J connectivity index is 2.01. The third kappa shape index (κ3) is 3.07. The van der Waals surface area contributed by atoms with E-state index < -0.39 is 11.9 Å². The first-order chi connectivity index (χ1) is 8.60. The second-order valence-electron chi connectivity index (χ2n) is 4.17. The zero-order chi connectivity index (χ0) is 13.1. The summed E-state index contributed by atoms with van der Waals surface area (Å²) in [7, 11) is 0. The maximum atomic E-state index is 13.1. The molecular formula is C12H14BrFN2O2. The van der Waals surface area contributed by atoms with Gasteiger partial charge in [-0.25, -0.2) is 4.39 Å². The predicted molar refractivity (Wildman–Crippen MR) is 69.7 cm³/mol. The first kappa shape index (κ1) is 13.5. The summed E-state index contributed by atoms with van der Waals surface area (Å²) < 4.78 is 19.2. The fourth-order valence-corrected chi connectivity index (χ4v) is 2.22. The lowest BCUT2D eigenvalue weighted by molar-refractivity contribution is -0.126. The number of nitrogens with one attached hydrogen (secondary N) is 1. The van der Waals surface area contributed by atoms with E-state index in [2.05, 4.69) is 21.2 Å². The average molecular weight is 317 g/mol. The number of hydrogen-bond acceptors (Lipinski definition) is 3. The van der Waals surface area contributed by atoms with Gasteiger partial charge in [-0.3, -0.25) is 4.79 Å². The van der Waals surface area contributed by atoms with Crippen molar-refractivity contribution in [1.82, 2.24) is 0 Å². The molecule has 1 fully saturated rings. The molecular weight excluding hydrogens is 303 g/mol. The molecule has 1 aliphatic heterocycles. The van der Waals surface area contributed by atoms with Crippen molar-refractivity contribution in [3.05, 3.63) is 28.5 Å². The van der Waals surface area contributed by atoms with E-state index in [1.165, 1.54) is 12.1 Å². The first-order valence-corrected chi connectivity index (χ1v) is 6.51. The summed E-state index contributed by atoms with van der Waals surface area (Å²) in [5, 5.41) is 2.65. The van der Waals surface area contributed by atoms with E-state index in [4.69, 9.17) is 10.5 Å². The summed E-state index contributed by atoms with van der Waals surface area (Å²) in [6, 6.07) is 4.12. The van der Waals surface area contributed by atoms with Crippen molar-refractivity contribution in [2.45, 2.75) is 25.0 Å². The van der Waals surface area contributed by atoms with E-state index in [9.17, 15) is 9.18 Å². The average Bonchev–Trinajstić information content (AvgIpc) is 2.82. The quantitative estimate of drug-likeness (QED) is 0.896. The molecule has 6 heteroatoms. The summed E-state index contributed by atoms with van der Waals surface area (Å²) >= 11 is 3.25. The van der Waals surface area contributed by atoms with Crippen LogP contribution >= 0.6 is 15.9 Å². The Labute approximate surface area is 113 Å². The van der Waals surface area contributed by atoms with Gasteiger partial charge in [-0.15, -0.1) is 0 Å². The highest BCUT2D eigenvalue weighted by molar-refractivity contribution is 9.10. The third-order valence-electron chi connectivity index (χ3n) is 2.85. The van der Waals surface area contributed by atoms with Crippen LogP contribution in [0.2, 0.25) is 0 Å². The lowest BCUT2D eigenvalue weighted by Gasteiger charge is -2.13. The largest absolute Gasteiger partial charge is 0.364 e. The Kier molecular flexibility index (Phi) is 4.31. The molecule has 2 unspecified atom stereocenters. The fourth-order valence-electron chi connectivity index (χ4n) is 1.88. The van der Waals surface area contributed by atoms with Crippen LogP contribution in [0.5, 0.6) is 0 Å². The van der Waals surface area contributed by atoms with Gasteiger partial charge in [0.05, 0.1) is 11.8 Å². The molecule has 0 aromatic heterocycles. The molecule has 98 valence electrons. The molecule has 0 radical (unpaired) electrons. The van der Waals surface area contributed by atoms with Crippen LogP contribution in [0.25, 0.3) is 0 Å². The van der Waals surface area contributed by atoms with Crippen molar-refractivity contribution in [2.24, 2.45) is 5.73 Å². The molecule has 3 N–H and O–H groups in total. The van der Waals surface area contributed by atoms with Crippen LogP contribution in [-0.4, -0.2) is 24.7 Å². The number of ether oxygens (including phenoxy) is 1. The maximum absolute atomic E-state index is 13.1. The van der Waals surface area contributed by atoms with Crippen LogP contribution in [0.3, 0.4) is 0 Å².